The van der Waals surface area contributed by atoms with E-state index in [-0.39, 0.29) is 63.3 Å². The number of guanidine groups is 2. The van der Waals surface area contributed by atoms with E-state index in [1.807, 2.05) is 0 Å². The van der Waals surface area contributed by atoms with Gasteiger partial charge in [-0.25, -0.2) is 0 Å². The second-order valence-corrected chi connectivity index (χ2v) is 1.75. The van der Waals surface area contributed by atoms with E-state index in [1.54, 1.807) is 19.0 Å². The molecular formula is C4H11KN5. The fourth-order valence-electron chi connectivity index (χ4n) is 0.223. The molecule has 6 heteroatoms. The van der Waals surface area contributed by atoms with Crippen LogP contribution in [0.1, 0.15) is 0 Å². The molecule has 0 atom stereocenters. The van der Waals surface area contributed by atoms with Gasteiger partial charge in [0, 0.05) is 65.5 Å². The van der Waals surface area contributed by atoms with E-state index in [1.165, 1.54) is 0 Å². The first kappa shape index (κ1) is 13.0. The van der Waals surface area contributed by atoms with Crippen molar-refractivity contribution in [2.24, 2.45) is 16.5 Å². The largest absolute Gasteiger partial charge is 0.369 e. The summed E-state index contributed by atoms with van der Waals surface area (Å²) in [6.07, 6.45) is 0. The van der Waals surface area contributed by atoms with Crippen molar-refractivity contribution in [3.63, 3.8) is 0 Å². The van der Waals surface area contributed by atoms with Gasteiger partial charge < -0.3 is 16.4 Å². The van der Waals surface area contributed by atoms with Crippen LogP contribution < -0.4 is 11.5 Å². The summed E-state index contributed by atoms with van der Waals surface area (Å²) < 4.78 is 0. The third-order valence-corrected chi connectivity index (χ3v) is 0.693. The Hall–Kier alpha value is 0.376. The molecule has 0 spiro atoms. The van der Waals surface area contributed by atoms with Crippen molar-refractivity contribution in [2.45, 2.75) is 0 Å². The maximum Gasteiger partial charge on any atom is 0.215 e. The Morgan fingerprint density at radius 1 is 1.40 bits per heavy atom. The standard InChI is InChI=1S/C4H11N5.K/c1-9(2)4(7)8-3(5)6;/h1-2H3,(H5,5,6,7,8);. The second-order valence-electron chi connectivity index (χ2n) is 1.75. The zero-order chi connectivity index (χ0) is 7.44. The molecule has 0 aliphatic heterocycles. The van der Waals surface area contributed by atoms with Gasteiger partial charge in [-0.15, -0.1) is 0 Å². The van der Waals surface area contributed by atoms with Crippen LogP contribution >= 0.6 is 0 Å². The molecule has 0 unspecified atom stereocenters. The maximum atomic E-state index is 6.70. The number of hydrogen-bond acceptors (Lipinski definition) is 1. The Morgan fingerprint density at radius 3 is 1.90 bits per heavy atom. The molecule has 5 nitrogen and oxygen atoms in total. The fraction of sp³-hybridized carbons (Fsp3) is 0.500. The third-order valence-electron chi connectivity index (χ3n) is 0.693. The van der Waals surface area contributed by atoms with E-state index < -0.39 is 0 Å². The number of nitrogens with one attached hydrogen (secondary N) is 1. The number of aliphatic imine (C=N–C) groups is 1. The van der Waals surface area contributed by atoms with Gasteiger partial charge in [-0.05, 0) is 0 Å². The molecule has 0 rings (SSSR count). The second kappa shape index (κ2) is 6.11. The van der Waals surface area contributed by atoms with Gasteiger partial charge in [0.15, 0.2) is 5.96 Å². The summed E-state index contributed by atoms with van der Waals surface area (Å²) in [5, 5.41) is 6.70. The summed E-state index contributed by atoms with van der Waals surface area (Å²) in [5.41, 5.74) is 10.2. The van der Waals surface area contributed by atoms with Gasteiger partial charge in [0.25, 0.3) is 0 Å². The number of rotatable bonds is 0. The van der Waals surface area contributed by atoms with Crippen LogP contribution in [0, 0.1) is 5.41 Å². The van der Waals surface area contributed by atoms with Crippen molar-refractivity contribution in [1.29, 1.82) is 5.41 Å². The van der Waals surface area contributed by atoms with Crippen LogP contribution in [0.5, 0.6) is 0 Å². The Balaban J connectivity index is 0. The predicted molar refractivity (Wildman–Crippen MR) is 43.0 cm³/mol. The molecule has 0 aromatic carbocycles. The van der Waals surface area contributed by atoms with E-state index in [9.17, 15) is 0 Å². The zero-order valence-electron chi connectivity index (χ0n) is 6.55. The van der Waals surface area contributed by atoms with E-state index in [0.717, 1.165) is 0 Å². The number of hydrogen-bond donors (Lipinski definition) is 3. The van der Waals surface area contributed by atoms with Crippen molar-refractivity contribution < 1.29 is 0 Å². The number of nitrogens with two attached hydrogens (primary N) is 2. The maximum absolute atomic E-state index is 6.70. The first-order valence-electron chi connectivity index (χ1n) is 2.39. The van der Waals surface area contributed by atoms with Crippen LogP contribution in [0.2, 0.25) is 0 Å². The smallest absolute Gasteiger partial charge is 0.215 e. The van der Waals surface area contributed by atoms with E-state index in [0.29, 0.717) is 0 Å². The Morgan fingerprint density at radius 2 is 1.80 bits per heavy atom. The summed E-state index contributed by atoms with van der Waals surface area (Å²) in [6.45, 7) is 0. The monoisotopic (exact) mass is 168 g/mol. The molecular weight excluding hydrogens is 157 g/mol. The first-order chi connectivity index (χ1) is 4.04. The van der Waals surface area contributed by atoms with Crippen LogP contribution in [-0.2, 0) is 0 Å². The molecule has 0 aromatic rings. The Labute approximate surface area is 103 Å². The van der Waals surface area contributed by atoms with Crippen LogP contribution in [0.25, 0.3) is 0 Å². The van der Waals surface area contributed by atoms with Gasteiger partial charge in [0.1, 0.15) is 0 Å². The van der Waals surface area contributed by atoms with Gasteiger partial charge in [0.2, 0.25) is 5.96 Å². The summed E-state index contributed by atoms with van der Waals surface area (Å²) in [5.74, 6) is -0.0382. The average Bonchev–Trinajstić information content (AvgIpc) is 1.63. The summed E-state index contributed by atoms with van der Waals surface area (Å²) in [6, 6.07) is 0. The molecule has 0 aromatic heterocycles. The molecule has 0 fully saturated rings. The van der Waals surface area contributed by atoms with Gasteiger partial charge in [-0.2, -0.15) is 4.99 Å². The molecule has 0 bridgehead atoms. The molecule has 0 aliphatic rings. The molecule has 5 N–H and O–H groups in total. The summed E-state index contributed by atoms with van der Waals surface area (Å²) in [7, 11) is 3.45. The van der Waals surface area contributed by atoms with E-state index in [4.69, 9.17) is 16.9 Å². The van der Waals surface area contributed by atoms with Gasteiger partial charge in [0.05, 0.1) is 0 Å². The Bertz CT molecular complexity index is 141. The van der Waals surface area contributed by atoms with Crippen LogP contribution in [-0.4, -0.2) is 82.3 Å². The minimum absolute atomic E-state index is 0. The van der Waals surface area contributed by atoms with Crippen molar-refractivity contribution >= 4 is 63.3 Å². The van der Waals surface area contributed by atoms with Crippen molar-refractivity contribution in [1.82, 2.24) is 4.90 Å². The SMILES string of the molecule is CN(C)C(N)=NC(=N)N.[K]. The first-order valence-corrected chi connectivity index (χ1v) is 2.39. The van der Waals surface area contributed by atoms with Crippen LogP contribution in [0.15, 0.2) is 4.99 Å². The summed E-state index contributed by atoms with van der Waals surface area (Å²) in [4.78, 5) is 5.03. The quantitative estimate of drug-likeness (QED) is 0.230. The number of nitrogens with zero attached hydrogens (tertiary/aromatic N) is 2. The Kier molecular flexibility index (Phi) is 7.94. The topological polar surface area (TPSA) is 91.5 Å². The van der Waals surface area contributed by atoms with Crippen molar-refractivity contribution in [3.05, 3.63) is 0 Å². The van der Waals surface area contributed by atoms with Crippen molar-refractivity contribution in [3.8, 4) is 0 Å². The molecule has 10 heavy (non-hydrogen) atoms. The minimum Gasteiger partial charge on any atom is -0.369 e. The zero-order valence-corrected chi connectivity index (χ0v) is 9.67. The van der Waals surface area contributed by atoms with Gasteiger partial charge in [-0.3, -0.25) is 5.41 Å². The molecule has 0 saturated heterocycles. The minimum atomic E-state index is -0.277. The molecule has 0 amide bonds. The molecule has 1 radical (unpaired) electrons. The third kappa shape index (κ3) is 6.50. The summed E-state index contributed by atoms with van der Waals surface area (Å²) >= 11 is 0. The fourth-order valence-corrected chi connectivity index (χ4v) is 0.223. The molecule has 53 valence electrons. The average molecular weight is 168 g/mol. The van der Waals surface area contributed by atoms with E-state index >= 15 is 0 Å². The molecule has 0 heterocycles. The van der Waals surface area contributed by atoms with Crippen LogP contribution in [0.4, 0.5) is 0 Å². The normalized spacial score (nSPS) is 10.0. The van der Waals surface area contributed by atoms with Crippen LogP contribution in [0.3, 0.4) is 0 Å². The van der Waals surface area contributed by atoms with Gasteiger partial charge >= 0.3 is 0 Å². The molecule has 0 aliphatic carbocycles. The molecule has 0 saturated carbocycles. The van der Waals surface area contributed by atoms with E-state index in [2.05, 4.69) is 4.99 Å². The predicted octanol–water partition coefficient (Wildman–Crippen LogP) is -1.62. The van der Waals surface area contributed by atoms with Crippen molar-refractivity contribution in [2.75, 3.05) is 14.1 Å². The van der Waals surface area contributed by atoms with Gasteiger partial charge in [-0.1, -0.05) is 0 Å².